The highest BCUT2D eigenvalue weighted by Crippen LogP contribution is 2.23. The fraction of sp³-hybridized carbons (Fsp3) is 0. The molecule has 0 aliphatic rings. The van der Waals surface area contributed by atoms with Crippen LogP contribution in [0.15, 0.2) is 40.6 Å². The Kier molecular flexibility index (Phi) is 3.57. The monoisotopic (exact) mass is 288 g/mol. The number of thiophene rings is 1. The van der Waals surface area contributed by atoms with Crippen LogP contribution in [0.25, 0.3) is 0 Å². The van der Waals surface area contributed by atoms with Crippen molar-refractivity contribution in [3.05, 3.63) is 46.8 Å². The highest BCUT2D eigenvalue weighted by atomic mass is 32.2. The summed E-state index contributed by atoms with van der Waals surface area (Å²) in [5.41, 5.74) is 0.978. The van der Waals surface area contributed by atoms with Crippen molar-refractivity contribution in [2.24, 2.45) is 0 Å². The van der Waals surface area contributed by atoms with Gasteiger partial charge >= 0.3 is 0 Å². The molecule has 4 nitrogen and oxygen atoms in total. The first kappa shape index (κ1) is 13.2. The number of benzene rings is 1. The maximum atomic E-state index is 12.1. The van der Waals surface area contributed by atoms with Gasteiger partial charge in [0.25, 0.3) is 10.0 Å². The van der Waals surface area contributed by atoms with Gasteiger partial charge in [-0.05, 0) is 30.3 Å². The van der Waals surface area contributed by atoms with E-state index >= 15 is 0 Å². The second kappa shape index (κ2) is 5.15. The molecule has 94 valence electrons. The number of sulfonamides is 1. The van der Waals surface area contributed by atoms with Gasteiger partial charge in [-0.3, -0.25) is 4.72 Å². The van der Waals surface area contributed by atoms with Crippen molar-refractivity contribution >= 4 is 27.0 Å². The Morgan fingerprint density at radius 2 is 2.05 bits per heavy atom. The molecule has 1 aromatic heterocycles. The van der Waals surface area contributed by atoms with Crippen LogP contribution in [-0.2, 0) is 10.0 Å². The normalized spacial score (nSPS) is 10.4. The molecule has 1 aromatic carbocycles. The van der Waals surface area contributed by atoms with E-state index in [4.69, 9.17) is 11.7 Å². The van der Waals surface area contributed by atoms with Gasteiger partial charge in [0.05, 0.1) is 5.69 Å². The van der Waals surface area contributed by atoms with E-state index in [9.17, 15) is 8.42 Å². The molecule has 1 N–H and O–H groups in total. The highest BCUT2D eigenvalue weighted by molar-refractivity contribution is 7.94. The van der Waals surface area contributed by atoms with Crippen molar-refractivity contribution in [3.63, 3.8) is 0 Å². The highest BCUT2D eigenvalue weighted by Gasteiger charge is 2.17. The summed E-state index contributed by atoms with van der Waals surface area (Å²) in [5.74, 6) is 2.43. The number of rotatable bonds is 3. The Bertz CT molecular complexity index is 793. The molecule has 0 saturated heterocycles. The lowest BCUT2D eigenvalue weighted by Gasteiger charge is -2.06. The van der Waals surface area contributed by atoms with Crippen LogP contribution in [0.4, 0.5) is 5.69 Å². The molecule has 0 amide bonds. The molecule has 6 heteroatoms. The smallest absolute Gasteiger partial charge is 0.271 e. The minimum Gasteiger partial charge on any atom is -0.279 e. The zero-order chi connectivity index (χ0) is 13.9. The van der Waals surface area contributed by atoms with Gasteiger partial charge < -0.3 is 0 Å². The Balaban J connectivity index is 2.31. The summed E-state index contributed by atoms with van der Waals surface area (Å²) in [6, 6.07) is 11.3. The zero-order valence-electron chi connectivity index (χ0n) is 9.62. The molecule has 0 spiro atoms. The molecule has 0 aliphatic carbocycles. The minimum atomic E-state index is -3.68. The van der Waals surface area contributed by atoms with Crippen molar-refractivity contribution in [2.75, 3.05) is 4.72 Å². The molecule has 0 fully saturated rings. The molecular formula is C13H8N2O2S2. The summed E-state index contributed by atoms with van der Waals surface area (Å²) in [5, 5.41) is 8.70. The third-order valence-electron chi connectivity index (χ3n) is 2.24. The maximum absolute atomic E-state index is 12.1. The number of hydrogen-bond acceptors (Lipinski definition) is 4. The van der Waals surface area contributed by atoms with Crippen LogP contribution in [0.2, 0.25) is 0 Å². The topological polar surface area (TPSA) is 70.0 Å². The van der Waals surface area contributed by atoms with E-state index in [1.807, 2.05) is 6.07 Å². The third-order valence-corrected chi connectivity index (χ3v) is 5.10. The lowest BCUT2D eigenvalue weighted by Crippen LogP contribution is -2.11. The quantitative estimate of drug-likeness (QED) is 0.882. The molecule has 19 heavy (non-hydrogen) atoms. The summed E-state index contributed by atoms with van der Waals surface area (Å²) in [4.78, 5) is 0.345. The van der Waals surface area contributed by atoms with E-state index in [1.54, 1.807) is 24.3 Å². The van der Waals surface area contributed by atoms with Gasteiger partial charge in [-0.2, -0.15) is 5.26 Å². The molecule has 0 atom stereocenters. The third kappa shape index (κ3) is 2.94. The predicted octanol–water partition coefficient (Wildman–Crippen LogP) is 2.40. The molecule has 0 unspecified atom stereocenters. The van der Waals surface area contributed by atoms with E-state index in [0.717, 1.165) is 11.3 Å². The van der Waals surface area contributed by atoms with Crippen LogP contribution < -0.4 is 4.72 Å². The number of anilines is 1. The SMILES string of the molecule is C#Cc1cccc(NS(=O)(=O)c2ccc(C#N)s2)c1. The van der Waals surface area contributed by atoms with E-state index < -0.39 is 10.0 Å². The summed E-state index contributed by atoms with van der Waals surface area (Å²) in [6.45, 7) is 0. The molecule has 2 rings (SSSR count). The number of nitrogens with one attached hydrogen (secondary N) is 1. The van der Waals surface area contributed by atoms with E-state index in [-0.39, 0.29) is 4.21 Å². The van der Waals surface area contributed by atoms with Gasteiger partial charge in [0.2, 0.25) is 0 Å². The average molecular weight is 288 g/mol. The van der Waals surface area contributed by atoms with Gasteiger partial charge in [-0.15, -0.1) is 17.8 Å². The van der Waals surface area contributed by atoms with Crippen molar-refractivity contribution in [1.29, 1.82) is 5.26 Å². The first-order chi connectivity index (χ1) is 9.05. The molecule has 0 aliphatic heterocycles. The van der Waals surface area contributed by atoms with E-state index in [0.29, 0.717) is 16.1 Å². The minimum absolute atomic E-state index is 0.0927. The summed E-state index contributed by atoms with van der Waals surface area (Å²) in [7, 11) is -3.68. The number of nitrogens with zero attached hydrogens (tertiary/aromatic N) is 1. The molecule has 0 bridgehead atoms. The second-order valence-electron chi connectivity index (χ2n) is 3.56. The first-order valence-electron chi connectivity index (χ1n) is 5.14. The fourth-order valence-electron chi connectivity index (χ4n) is 1.40. The van der Waals surface area contributed by atoms with Crippen molar-refractivity contribution < 1.29 is 8.42 Å². The lowest BCUT2D eigenvalue weighted by atomic mass is 10.2. The number of hydrogen-bond donors (Lipinski definition) is 1. The number of nitriles is 1. The molecule has 1 heterocycles. The van der Waals surface area contributed by atoms with Crippen LogP contribution in [0.1, 0.15) is 10.4 Å². The van der Waals surface area contributed by atoms with Crippen molar-refractivity contribution in [1.82, 2.24) is 0 Å². The second-order valence-corrected chi connectivity index (χ2v) is 6.55. The van der Waals surface area contributed by atoms with Gasteiger partial charge in [0.15, 0.2) is 0 Å². The number of terminal acetylenes is 1. The van der Waals surface area contributed by atoms with Crippen LogP contribution >= 0.6 is 11.3 Å². The summed E-state index contributed by atoms with van der Waals surface area (Å²) < 4.78 is 26.7. The molecule has 0 saturated carbocycles. The van der Waals surface area contributed by atoms with E-state index in [2.05, 4.69) is 10.6 Å². The van der Waals surface area contributed by atoms with E-state index in [1.165, 1.54) is 12.1 Å². The zero-order valence-corrected chi connectivity index (χ0v) is 11.3. The maximum Gasteiger partial charge on any atom is 0.271 e. The largest absolute Gasteiger partial charge is 0.279 e. The molecule has 0 radical (unpaired) electrons. The average Bonchev–Trinajstić information content (AvgIpc) is 2.88. The summed E-state index contributed by atoms with van der Waals surface area (Å²) in [6.07, 6.45) is 5.25. The van der Waals surface area contributed by atoms with Crippen LogP contribution in [0.3, 0.4) is 0 Å². The standard InChI is InChI=1S/C13H8N2O2S2/c1-2-10-4-3-5-11(8-10)15-19(16,17)13-7-6-12(9-14)18-13/h1,3-8,15H. The van der Waals surface area contributed by atoms with Crippen molar-refractivity contribution in [2.45, 2.75) is 4.21 Å². The van der Waals surface area contributed by atoms with Gasteiger partial charge in [0.1, 0.15) is 15.2 Å². The molecular weight excluding hydrogens is 280 g/mol. The van der Waals surface area contributed by atoms with Crippen LogP contribution in [0, 0.1) is 23.7 Å². The van der Waals surface area contributed by atoms with Crippen molar-refractivity contribution in [3.8, 4) is 18.4 Å². The Morgan fingerprint density at radius 1 is 1.26 bits per heavy atom. The lowest BCUT2D eigenvalue weighted by molar-refractivity contribution is 0.603. The first-order valence-corrected chi connectivity index (χ1v) is 7.44. The van der Waals surface area contributed by atoms with Crippen LogP contribution in [0.5, 0.6) is 0 Å². The van der Waals surface area contributed by atoms with Gasteiger partial charge in [-0.25, -0.2) is 8.42 Å². The van der Waals surface area contributed by atoms with Gasteiger partial charge in [-0.1, -0.05) is 12.0 Å². The Morgan fingerprint density at radius 3 is 2.68 bits per heavy atom. The predicted molar refractivity (Wildman–Crippen MR) is 74.2 cm³/mol. The molecule has 2 aromatic rings. The summed E-state index contributed by atoms with van der Waals surface area (Å²) >= 11 is 0.917. The van der Waals surface area contributed by atoms with Crippen LogP contribution in [-0.4, -0.2) is 8.42 Å². The van der Waals surface area contributed by atoms with Gasteiger partial charge in [0, 0.05) is 5.56 Å². The Labute approximate surface area is 115 Å². The fourth-order valence-corrected chi connectivity index (χ4v) is 3.56. The Hall–Kier alpha value is -2.28.